The molecule has 18 heavy (non-hydrogen) atoms. The van der Waals surface area contributed by atoms with E-state index >= 15 is 0 Å². The molecule has 1 N–H and O–H groups in total. The van der Waals surface area contributed by atoms with Crippen molar-refractivity contribution in [1.29, 1.82) is 0 Å². The lowest BCUT2D eigenvalue weighted by Crippen LogP contribution is -2.18. The summed E-state index contributed by atoms with van der Waals surface area (Å²) in [7, 11) is 0. The van der Waals surface area contributed by atoms with Gasteiger partial charge in [-0.1, -0.05) is 30.3 Å². The Bertz CT molecular complexity index is 564. The zero-order valence-corrected chi connectivity index (χ0v) is 10.00. The Kier molecular flexibility index (Phi) is 3.81. The van der Waals surface area contributed by atoms with Gasteiger partial charge < -0.3 is 0 Å². The van der Waals surface area contributed by atoms with E-state index in [4.69, 9.17) is 0 Å². The maximum absolute atomic E-state index is 11.6. The van der Waals surface area contributed by atoms with E-state index in [1.807, 2.05) is 31.2 Å². The molecule has 0 aliphatic carbocycles. The molecule has 1 amide bonds. The maximum atomic E-state index is 11.6. The van der Waals surface area contributed by atoms with Gasteiger partial charge in [0.15, 0.2) is 0 Å². The number of aromatic nitrogens is 1. The lowest BCUT2D eigenvalue weighted by atomic mass is 10.1. The number of rotatable bonds is 3. The fourth-order valence-electron chi connectivity index (χ4n) is 1.45. The standard InChI is InChI=1S/C14H13N3O/c1-11-6-2-3-7-12(11)10-16-17-14(18)13-8-4-5-9-15-13/h2-10H,1H3,(H,17,18)/b16-10-. The summed E-state index contributed by atoms with van der Waals surface area (Å²) in [5.41, 5.74) is 4.87. The molecule has 0 spiro atoms. The van der Waals surface area contributed by atoms with E-state index in [-0.39, 0.29) is 5.91 Å². The molecule has 4 nitrogen and oxygen atoms in total. The van der Waals surface area contributed by atoms with Gasteiger partial charge in [0.05, 0.1) is 6.21 Å². The van der Waals surface area contributed by atoms with E-state index in [9.17, 15) is 4.79 Å². The van der Waals surface area contributed by atoms with Crippen LogP contribution in [0, 0.1) is 6.92 Å². The summed E-state index contributed by atoms with van der Waals surface area (Å²) in [6.07, 6.45) is 3.19. The first-order valence-electron chi connectivity index (χ1n) is 5.57. The predicted molar refractivity (Wildman–Crippen MR) is 70.5 cm³/mol. The van der Waals surface area contributed by atoms with Gasteiger partial charge in [-0.2, -0.15) is 5.10 Å². The third kappa shape index (κ3) is 3.01. The highest BCUT2D eigenvalue weighted by Crippen LogP contribution is 2.03. The van der Waals surface area contributed by atoms with Crippen molar-refractivity contribution in [1.82, 2.24) is 10.4 Å². The summed E-state index contributed by atoms with van der Waals surface area (Å²) in [5.74, 6) is -0.319. The number of nitrogens with zero attached hydrogens (tertiary/aromatic N) is 2. The zero-order valence-electron chi connectivity index (χ0n) is 10.00. The van der Waals surface area contributed by atoms with Gasteiger partial charge in [-0.25, -0.2) is 5.43 Å². The Hall–Kier alpha value is -2.49. The van der Waals surface area contributed by atoms with Crippen LogP contribution >= 0.6 is 0 Å². The van der Waals surface area contributed by atoms with E-state index in [2.05, 4.69) is 15.5 Å². The van der Waals surface area contributed by atoms with E-state index in [1.54, 1.807) is 30.6 Å². The molecule has 0 fully saturated rings. The van der Waals surface area contributed by atoms with Crippen molar-refractivity contribution in [2.75, 3.05) is 0 Å². The Morgan fingerprint density at radius 3 is 2.72 bits per heavy atom. The second-order valence-corrected chi connectivity index (χ2v) is 3.77. The second kappa shape index (κ2) is 5.72. The monoisotopic (exact) mass is 239 g/mol. The van der Waals surface area contributed by atoms with Crippen molar-refractivity contribution < 1.29 is 4.79 Å². The average Bonchev–Trinajstić information content (AvgIpc) is 2.42. The molecule has 0 aliphatic rings. The van der Waals surface area contributed by atoms with Crippen LogP contribution in [0.25, 0.3) is 0 Å². The first-order chi connectivity index (χ1) is 8.77. The second-order valence-electron chi connectivity index (χ2n) is 3.77. The smallest absolute Gasteiger partial charge is 0.266 e. The first kappa shape index (κ1) is 12.0. The van der Waals surface area contributed by atoms with Crippen LogP contribution in [-0.4, -0.2) is 17.1 Å². The van der Waals surface area contributed by atoms with Gasteiger partial charge in [-0.05, 0) is 30.2 Å². The molecule has 4 heteroatoms. The number of nitrogens with one attached hydrogen (secondary N) is 1. The third-order valence-corrected chi connectivity index (χ3v) is 2.46. The van der Waals surface area contributed by atoms with Crippen molar-refractivity contribution in [3.63, 3.8) is 0 Å². The summed E-state index contributed by atoms with van der Waals surface area (Å²) in [6.45, 7) is 1.99. The molecule has 1 aromatic heterocycles. The molecule has 90 valence electrons. The number of carbonyl (C=O) groups excluding carboxylic acids is 1. The van der Waals surface area contributed by atoms with Crippen LogP contribution in [0.5, 0.6) is 0 Å². The highest BCUT2D eigenvalue weighted by molar-refractivity contribution is 5.93. The van der Waals surface area contributed by atoms with Crippen LogP contribution in [0.4, 0.5) is 0 Å². The van der Waals surface area contributed by atoms with Crippen molar-refractivity contribution in [3.8, 4) is 0 Å². The summed E-state index contributed by atoms with van der Waals surface area (Å²) in [5, 5.41) is 3.91. The molecule has 0 atom stereocenters. The van der Waals surface area contributed by atoms with Gasteiger partial charge in [-0.15, -0.1) is 0 Å². The number of benzene rings is 1. The molecular formula is C14H13N3O. The van der Waals surface area contributed by atoms with Crippen LogP contribution in [0.3, 0.4) is 0 Å². The minimum Gasteiger partial charge on any atom is -0.266 e. The number of hydrogen-bond donors (Lipinski definition) is 1. The lowest BCUT2D eigenvalue weighted by Gasteiger charge is -1.99. The molecule has 0 unspecified atom stereocenters. The molecule has 0 saturated heterocycles. The first-order valence-corrected chi connectivity index (χ1v) is 5.57. The third-order valence-electron chi connectivity index (χ3n) is 2.46. The molecular weight excluding hydrogens is 226 g/mol. The fourth-order valence-corrected chi connectivity index (χ4v) is 1.45. The van der Waals surface area contributed by atoms with Gasteiger partial charge >= 0.3 is 0 Å². The van der Waals surface area contributed by atoms with Crippen LogP contribution in [0.15, 0.2) is 53.8 Å². The number of hydrogen-bond acceptors (Lipinski definition) is 3. The Balaban J connectivity index is 2.00. The largest absolute Gasteiger partial charge is 0.289 e. The Morgan fingerprint density at radius 1 is 1.22 bits per heavy atom. The minimum absolute atomic E-state index is 0.319. The highest BCUT2D eigenvalue weighted by Gasteiger charge is 2.03. The molecule has 1 aromatic carbocycles. The predicted octanol–water partition coefficient (Wildman–Crippen LogP) is 2.15. The van der Waals surface area contributed by atoms with Gasteiger partial charge in [-0.3, -0.25) is 9.78 Å². The number of amides is 1. The highest BCUT2D eigenvalue weighted by atomic mass is 16.2. The number of aryl methyl sites for hydroxylation is 1. The molecule has 0 saturated carbocycles. The normalized spacial score (nSPS) is 10.5. The van der Waals surface area contributed by atoms with Gasteiger partial charge in [0.2, 0.25) is 0 Å². The van der Waals surface area contributed by atoms with Crippen molar-refractivity contribution in [2.24, 2.45) is 5.10 Å². The fraction of sp³-hybridized carbons (Fsp3) is 0.0714. The Morgan fingerprint density at radius 2 is 2.00 bits per heavy atom. The van der Waals surface area contributed by atoms with Gasteiger partial charge in [0.25, 0.3) is 5.91 Å². The molecule has 2 aromatic rings. The summed E-state index contributed by atoms with van der Waals surface area (Å²) < 4.78 is 0. The van der Waals surface area contributed by atoms with Crippen molar-refractivity contribution in [3.05, 3.63) is 65.5 Å². The SMILES string of the molecule is Cc1ccccc1/C=N\NC(=O)c1ccccn1. The van der Waals surface area contributed by atoms with Crippen molar-refractivity contribution >= 4 is 12.1 Å². The minimum atomic E-state index is -0.319. The number of carbonyl (C=O) groups is 1. The molecule has 0 aliphatic heterocycles. The van der Waals surface area contributed by atoms with Crippen LogP contribution < -0.4 is 5.43 Å². The average molecular weight is 239 g/mol. The van der Waals surface area contributed by atoms with Crippen LogP contribution in [0.2, 0.25) is 0 Å². The van der Waals surface area contributed by atoms with E-state index in [0.29, 0.717) is 5.69 Å². The maximum Gasteiger partial charge on any atom is 0.289 e. The van der Waals surface area contributed by atoms with Crippen LogP contribution in [0.1, 0.15) is 21.6 Å². The van der Waals surface area contributed by atoms with E-state index in [0.717, 1.165) is 11.1 Å². The summed E-state index contributed by atoms with van der Waals surface area (Å²) in [4.78, 5) is 15.6. The topological polar surface area (TPSA) is 54.4 Å². The molecule has 1 heterocycles. The van der Waals surface area contributed by atoms with Gasteiger partial charge in [0, 0.05) is 6.20 Å². The number of pyridine rings is 1. The Labute approximate surface area is 105 Å². The summed E-state index contributed by atoms with van der Waals surface area (Å²) in [6, 6.07) is 13.0. The lowest BCUT2D eigenvalue weighted by molar-refractivity contribution is 0.0950. The van der Waals surface area contributed by atoms with Gasteiger partial charge in [0.1, 0.15) is 5.69 Å². The van der Waals surface area contributed by atoms with E-state index < -0.39 is 0 Å². The molecule has 0 bridgehead atoms. The molecule has 0 radical (unpaired) electrons. The quantitative estimate of drug-likeness (QED) is 0.659. The van der Waals surface area contributed by atoms with Crippen molar-refractivity contribution in [2.45, 2.75) is 6.92 Å². The van der Waals surface area contributed by atoms with E-state index in [1.165, 1.54) is 0 Å². The van der Waals surface area contributed by atoms with Crippen LogP contribution in [-0.2, 0) is 0 Å². The summed E-state index contributed by atoms with van der Waals surface area (Å²) >= 11 is 0. The number of hydrazone groups is 1. The zero-order chi connectivity index (χ0) is 12.8. The molecule has 2 rings (SSSR count).